The van der Waals surface area contributed by atoms with Crippen LogP contribution in [0.1, 0.15) is 10.4 Å². The number of rotatable bonds is 3. The number of carbonyl (C=O) groups excluding carboxylic acids is 1. The largest absolute Gasteiger partial charge is 0.351 e. The highest BCUT2D eigenvalue weighted by atomic mass is 127. The number of hydrogen-bond donors (Lipinski definition) is 1. The fourth-order valence-electron chi connectivity index (χ4n) is 0.692. The number of nitrogens with one attached hydrogen (secondary N) is 1. The van der Waals surface area contributed by atoms with Gasteiger partial charge in [0.05, 0.1) is 9.35 Å². The van der Waals surface area contributed by atoms with E-state index in [0.29, 0.717) is 0 Å². The summed E-state index contributed by atoms with van der Waals surface area (Å²) in [6.07, 6.45) is 0. The summed E-state index contributed by atoms with van der Waals surface area (Å²) in [5, 5.41) is 4.64. The van der Waals surface area contributed by atoms with E-state index in [0.717, 1.165) is 20.3 Å². The molecule has 0 saturated heterocycles. The molecule has 0 bridgehead atoms. The lowest BCUT2D eigenvalue weighted by molar-refractivity contribution is 0.0957. The van der Waals surface area contributed by atoms with Crippen LogP contribution in [-0.4, -0.2) is 16.9 Å². The molecule has 1 heterocycles. The summed E-state index contributed by atoms with van der Waals surface area (Å²) in [5.74, 6) is 0.00798. The van der Waals surface area contributed by atoms with Gasteiger partial charge in [-0.1, -0.05) is 22.6 Å². The molecule has 0 atom stereocenters. The highest BCUT2D eigenvalue weighted by Crippen LogP contribution is 2.20. The molecule has 12 heavy (non-hydrogen) atoms. The van der Waals surface area contributed by atoms with Gasteiger partial charge in [0.2, 0.25) is 0 Å². The summed E-state index contributed by atoms with van der Waals surface area (Å²) in [6, 6.07) is 1.83. The van der Waals surface area contributed by atoms with Gasteiger partial charge in [0, 0.05) is 16.4 Å². The lowest BCUT2D eigenvalue weighted by atomic mass is 10.3. The highest BCUT2D eigenvalue weighted by Gasteiger charge is 2.05. The molecule has 0 fully saturated rings. The average molecular weight is 360 g/mol. The second kappa shape index (κ2) is 5.18. The molecule has 0 aliphatic rings. The first kappa shape index (κ1) is 10.5. The molecular weight excluding hydrogens is 353 g/mol. The summed E-state index contributed by atoms with van der Waals surface area (Å²) in [4.78, 5) is 11.3. The first-order chi connectivity index (χ1) is 5.74. The maximum Gasteiger partial charge on any atom is 0.252 e. The molecule has 2 nitrogen and oxygen atoms in total. The fourth-order valence-corrected chi connectivity index (χ4v) is 2.10. The quantitative estimate of drug-likeness (QED) is 0.652. The van der Waals surface area contributed by atoms with E-state index in [1.54, 1.807) is 0 Å². The van der Waals surface area contributed by atoms with Crippen LogP contribution >= 0.6 is 49.9 Å². The number of hydrogen-bond acceptors (Lipinski definition) is 2. The molecule has 1 rings (SSSR count). The van der Waals surface area contributed by atoms with Crippen LogP contribution in [0.2, 0.25) is 0 Å². The summed E-state index contributed by atoms with van der Waals surface area (Å²) < 4.78 is 1.93. The number of amides is 1. The number of alkyl halides is 1. The summed E-state index contributed by atoms with van der Waals surface area (Å²) in [5.41, 5.74) is 0.733. The van der Waals surface area contributed by atoms with Crippen LogP contribution < -0.4 is 5.32 Å². The molecule has 1 amide bonds. The van der Waals surface area contributed by atoms with Gasteiger partial charge in [-0.15, -0.1) is 11.3 Å². The van der Waals surface area contributed by atoms with E-state index in [1.165, 1.54) is 11.3 Å². The number of halogens is 2. The first-order valence-electron chi connectivity index (χ1n) is 3.32. The van der Waals surface area contributed by atoms with Crippen molar-refractivity contribution in [1.29, 1.82) is 0 Å². The van der Waals surface area contributed by atoms with E-state index in [1.807, 2.05) is 11.4 Å². The van der Waals surface area contributed by atoms with Crippen molar-refractivity contribution in [3.05, 3.63) is 20.8 Å². The second-order valence-electron chi connectivity index (χ2n) is 2.08. The van der Waals surface area contributed by atoms with Gasteiger partial charge in [0.1, 0.15) is 0 Å². The monoisotopic (exact) mass is 359 g/mol. The minimum Gasteiger partial charge on any atom is -0.351 e. The van der Waals surface area contributed by atoms with Gasteiger partial charge in [-0.2, -0.15) is 0 Å². The Labute approximate surface area is 97.0 Å². The molecular formula is C7H7BrINOS. The topological polar surface area (TPSA) is 29.1 Å². The standard InChI is InChI=1S/C7H7BrINOS/c8-6-3-5(4-12-6)7(11)10-2-1-9/h3-4H,1-2H2,(H,10,11). The number of carbonyl (C=O) groups is 1. The van der Waals surface area contributed by atoms with Gasteiger partial charge in [-0.05, 0) is 22.0 Å². The predicted molar refractivity (Wildman–Crippen MR) is 63.2 cm³/mol. The van der Waals surface area contributed by atoms with Gasteiger partial charge < -0.3 is 5.32 Å². The molecule has 1 aromatic rings. The van der Waals surface area contributed by atoms with Crippen LogP contribution in [0.15, 0.2) is 15.2 Å². The van der Waals surface area contributed by atoms with Gasteiger partial charge in [-0.25, -0.2) is 0 Å². The third kappa shape index (κ3) is 3.02. The zero-order valence-corrected chi connectivity index (χ0v) is 10.7. The van der Waals surface area contributed by atoms with Crippen molar-refractivity contribution in [2.24, 2.45) is 0 Å². The van der Waals surface area contributed by atoms with E-state index in [-0.39, 0.29) is 5.91 Å². The minimum absolute atomic E-state index is 0.00798. The Morgan fingerprint density at radius 2 is 2.50 bits per heavy atom. The Morgan fingerprint density at radius 3 is 3.00 bits per heavy atom. The molecule has 0 saturated carbocycles. The van der Waals surface area contributed by atoms with Gasteiger partial charge in [0.15, 0.2) is 0 Å². The van der Waals surface area contributed by atoms with Gasteiger partial charge in [-0.3, -0.25) is 4.79 Å². The van der Waals surface area contributed by atoms with Crippen LogP contribution in [0.3, 0.4) is 0 Å². The maximum atomic E-state index is 11.3. The van der Waals surface area contributed by atoms with Gasteiger partial charge >= 0.3 is 0 Å². The van der Waals surface area contributed by atoms with Crippen molar-refractivity contribution in [2.45, 2.75) is 0 Å². The Balaban J connectivity index is 2.53. The fraction of sp³-hybridized carbons (Fsp3) is 0.286. The van der Waals surface area contributed by atoms with Crippen LogP contribution in [0, 0.1) is 0 Å². The first-order valence-corrected chi connectivity index (χ1v) is 6.52. The number of thiophene rings is 1. The van der Waals surface area contributed by atoms with Crippen molar-refractivity contribution in [1.82, 2.24) is 5.32 Å². The normalized spacial score (nSPS) is 9.83. The summed E-state index contributed by atoms with van der Waals surface area (Å²) in [7, 11) is 0. The van der Waals surface area contributed by atoms with Crippen LogP contribution in [0.5, 0.6) is 0 Å². The predicted octanol–water partition coefficient (Wildman–Crippen LogP) is 2.68. The summed E-state index contributed by atoms with van der Waals surface area (Å²) >= 11 is 7.05. The molecule has 0 aliphatic carbocycles. The molecule has 0 spiro atoms. The molecule has 0 aromatic carbocycles. The zero-order chi connectivity index (χ0) is 8.97. The third-order valence-electron chi connectivity index (χ3n) is 1.21. The molecule has 5 heteroatoms. The van der Waals surface area contributed by atoms with E-state index >= 15 is 0 Å². The smallest absolute Gasteiger partial charge is 0.252 e. The third-order valence-corrected chi connectivity index (χ3v) is 3.25. The van der Waals surface area contributed by atoms with E-state index < -0.39 is 0 Å². The van der Waals surface area contributed by atoms with Crippen molar-refractivity contribution in [3.63, 3.8) is 0 Å². The highest BCUT2D eigenvalue weighted by molar-refractivity contribution is 14.1. The molecule has 0 aliphatic heterocycles. The molecule has 1 aromatic heterocycles. The average Bonchev–Trinajstić information content (AvgIpc) is 2.47. The van der Waals surface area contributed by atoms with Crippen LogP contribution in [-0.2, 0) is 0 Å². The van der Waals surface area contributed by atoms with Crippen molar-refractivity contribution >= 4 is 55.8 Å². The van der Waals surface area contributed by atoms with Crippen molar-refractivity contribution in [3.8, 4) is 0 Å². The van der Waals surface area contributed by atoms with Crippen LogP contribution in [0.25, 0.3) is 0 Å². The summed E-state index contributed by atoms with van der Waals surface area (Å²) in [6.45, 7) is 0.729. The molecule has 0 unspecified atom stereocenters. The lowest BCUT2D eigenvalue weighted by Crippen LogP contribution is -2.24. The van der Waals surface area contributed by atoms with Crippen LogP contribution in [0.4, 0.5) is 0 Å². The van der Waals surface area contributed by atoms with Crippen molar-refractivity contribution < 1.29 is 4.79 Å². The van der Waals surface area contributed by atoms with Gasteiger partial charge in [0.25, 0.3) is 5.91 Å². The Morgan fingerprint density at radius 1 is 1.75 bits per heavy atom. The lowest BCUT2D eigenvalue weighted by Gasteiger charge is -1.98. The van der Waals surface area contributed by atoms with Crippen molar-refractivity contribution in [2.75, 3.05) is 11.0 Å². The second-order valence-corrected chi connectivity index (χ2v) is 5.45. The maximum absolute atomic E-state index is 11.3. The van der Waals surface area contributed by atoms with E-state index in [9.17, 15) is 4.79 Å². The van der Waals surface area contributed by atoms with E-state index in [4.69, 9.17) is 0 Å². The zero-order valence-electron chi connectivity index (χ0n) is 6.14. The Bertz CT molecular complexity index is 276. The minimum atomic E-state index is 0.00798. The van der Waals surface area contributed by atoms with E-state index in [2.05, 4.69) is 43.8 Å². The molecule has 66 valence electrons. The molecule has 0 radical (unpaired) electrons. The Kier molecular flexibility index (Phi) is 4.52. The SMILES string of the molecule is O=C(NCCI)c1csc(Br)c1. The Hall–Kier alpha value is 0.380. The molecule has 1 N–H and O–H groups in total.